The second-order valence-corrected chi connectivity index (χ2v) is 7.31. The number of rotatable bonds is 9. The molecule has 0 bridgehead atoms. The first-order valence-electron chi connectivity index (χ1n) is 8.93. The van der Waals surface area contributed by atoms with Crippen molar-refractivity contribution in [1.29, 1.82) is 0 Å². The molecule has 0 atom stereocenters. The van der Waals surface area contributed by atoms with Crippen LogP contribution >= 0.6 is 11.8 Å². The summed E-state index contributed by atoms with van der Waals surface area (Å²) in [7, 11) is 0. The fourth-order valence-corrected chi connectivity index (χ4v) is 3.43. The minimum absolute atomic E-state index is 0.0223. The van der Waals surface area contributed by atoms with Gasteiger partial charge in [0.05, 0.1) is 11.5 Å². The van der Waals surface area contributed by atoms with E-state index in [1.165, 1.54) is 50.5 Å². The van der Waals surface area contributed by atoms with Gasteiger partial charge in [0.25, 0.3) is 0 Å². The average Bonchev–Trinajstić information content (AvgIpc) is 2.83. The summed E-state index contributed by atoms with van der Waals surface area (Å²) in [5, 5.41) is 9.24. The van der Waals surface area contributed by atoms with E-state index in [-0.39, 0.29) is 23.3 Å². The van der Waals surface area contributed by atoms with Gasteiger partial charge in [0, 0.05) is 12.6 Å². The van der Waals surface area contributed by atoms with Crippen LogP contribution in [-0.2, 0) is 9.59 Å². The van der Waals surface area contributed by atoms with E-state index < -0.39 is 0 Å². The molecule has 1 aromatic rings. The summed E-state index contributed by atoms with van der Waals surface area (Å²) in [6.45, 7) is 5.87. The van der Waals surface area contributed by atoms with Crippen molar-refractivity contribution in [1.82, 2.24) is 15.4 Å². The fraction of sp³-hybridized carbons (Fsp3) is 0.706. The van der Waals surface area contributed by atoms with Crippen molar-refractivity contribution in [3.8, 4) is 0 Å². The summed E-state index contributed by atoms with van der Waals surface area (Å²) in [5.74, 6) is 1.34. The number of anilines is 1. The fourth-order valence-electron chi connectivity index (χ4n) is 2.78. The van der Waals surface area contributed by atoms with Gasteiger partial charge in [-0.1, -0.05) is 18.0 Å². The predicted octanol–water partition coefficient (Wildman–Crippen LogP) is 2.04. The largest absolute Gasteiger partial charge is 0.360 e. The third kappa shape index (κ3) is 8.40. The van der Waals surface area contributed by atoms with Crippen molar-refractivity contribution in [3.63, 3.8) is 0 Å². The van der Waals surface area contributed by atoms with Crippen LogP contribution in [0.1, 0.15) is 37.9 Å². The number of hydrogen-bond acceptors (Lipinski definition) is 6. The predicted molar refractivity (Wildman–Crippen MR) is 99.7 cm³/mol. The smallest absolute Gasteiger partial charge is 0.235 e. The molecule has 0 aliphatic carbocycles. The van der Waals surface area contributed by atoms with E-state index in [9.17, 15) is 9.59 Å². The maximum Gasteiger partial charge on any atom is 0.235 e. The number of aryl methyl sites for hydroxylation is 1. The van der Waals surface area contributed by atoms with E-state index in [1.807, 2.05) is 0 Å². The van der Waals surface area contributed by atoms with Gasteiger partial charge in [0.1, 0.15) is 5.76 Å². The van der Waals surface area contributed by atoms with Gasteiger partial charge in [-0.15, -0.1) is 11.8 Å². The van der Waals surface area contributed by atoms with Crippen LogP contribution < -0.4 is 10.6 Å². The maximum absolute atomic E-state index is 11.8. The molecule has 2 rings (SSSR count). The molecule has 1 aliphatic heterocycles. The topological polar surface area (TPSA) is 87.5 Å². The van der Waals surface area contributed by atoms with Crippen LogP contribution in [0.5, 0.6) is 0 Å². The summed E-state index contributed by atoms with van der Waals surface area (Å²) in [6, 6.07) is 1.65. The molecule has 1 fully saturated rings. The molecule has 7 nitrogen and oxygen atoms in total. The van der Waals surface area contributed by atoms with Gasteiger partial charge < -0.3 is 20.1 Å². The highest BCUT2D eigenvalue weighted by atomic mass is 32.2. The summed E-state index contributed by atoms with van der Waals surface area (Å²) in [5.41, 5.74) is 0. The zero-order chi connectivity index (χ0) is 17.9. The Balaban J connectivity index is 1.48. The van der Waals surface area contributed by atoms with Crippen LogP contribution in [0.4, 0.5) is 5.82 Å². The molecule has 25 heavy (non-hydrogen) atoms. The lowest BCUT2D eigenvalue weighted by atomic mass is 10.2. The summed E-state index contributed by atoms with van der Waals surface area (Å²) in [6.07, 6.45) is 6.24. The lowest BCUT2D eigenvalue weighted by Gasteiger charge is -2.19. The van der Waals surface area contributed by atoms with Crippen LogP contribution in [0.3, 0.4) is 0 Å². The van der Waals surface area contributed by atoms with Crippen molar-refractivity contribution in [2.75, 3.05) is 43.0 Å². The number of nitrogens with one attached hydrogen (secondary N) is 2. The van der Waals surface area contributed by atoms with Crippen molar-refractivity contribution in [2.24, 2.45) is 0 Å². The first-order chi connectivity index (χ1) is 12.1. The van der Waals surface area contributed by atoms with Gasteiger partial charge in [-0.2, -0.15) is 0 Å². The Morgan fingerprint density at radius 3 is 2.60 bits per heavy atom. The molecule has 1 aliphatic rings. The number of carbonyl (C=O) groups excluding carboxylic acids is 2. The molecule has 0 aromatic carbocycles. The van der Waals surface area contributed by atoms with Gasteiger partial charge in [-0.25, -0.2) is 0 Å². The summed E-state index contributed by atoms with van der Waals surface area (Å²) >= 11 is 1.29. The van der Waals surface area contributed by atoms with E-state index in [0.29, 0.717) is 18.1 Å². The highest BCUT2D eigenvalue weighted by Gasteiger charge is 2.10. The average molecular weight is 369 g/mol. The quantitative estimate of drug-likeness (QED) is 0.649. The van der Waals surface area contributed by atoms with E-state index in [1.54, 1.807) is 13.0 Å². The van der Waals surface area contributed by atoms with Crippen molar-refractivity contribution < 1.29 is 14.1 Å². The van der Waals surface area contributed by atoms with Crippen LogP contribution in [0.25, 0.3) is 0 Å². The number of hydrogen-bond donors (Lipinski definition) is 2. The Bertz CT molecular complexity index is 542. The van der Waals surface area contributed by atoms with Gasteiger partial charge >= 0.3 is 0 Å². The normalized spacial score (nSPS) is 15.6. The van der Waals surface area contributed by atoms with Gasteiger partial charge in [-0.3, -0.25) is 9.59 Å². The molecule has 0 radical (unpaired) electrons. The second-order valence-electron chi connectivity index (χ2n) is 6.32. The van der Waals surface area contributed by atoms with E-state index in [0.717, 1.165) is 13.0 Å². The van der Waals surface area contributed by atoms with Crippen molar-refractivity contribution in [3.05, 3.63) is 11.8 Å². The highest BCUT2D eigenvalue weighted by Crippen LogP contribution is 2.10. The molecule has 2 heterocycles. The first-order valence-corrected chi connectivity index (χ1v) is 10.1. The molecule has 140 valence electrons. The molecule has 0 unspecified atom stereocenters. The highest BCUT2D eigenvalue weighted by molar-refractivity contribution is 8.00. The lowest BCUT2D eigenvalue weighted by Crippen LogP contribution is -2.31. The van der Waals surface area contributed by atoms with Crippen LogP contribution in [0, 0.1) is 6.92 Å². The summed E-state index contributed by atoms with van der Waals surface area (Å²) < 4.78 is 4.87. The number of nitrogens with zero attached hydrogens (tertiary/aromatic N) is 2. The monoisotopic (exact) mass is 368 g/mol. The van der Waals surface area contributed by atoms with Gasteiger partial charge in [0.15, 0.2) is 5.82 Å². The molecule has 8 heteroatoms. The Kier molecular flexibility index (Phi) is 8.82. The Labute approximate surface area is 153 Å². The minimum Gasteiger partial charge on any atom is -0.360 e. The number of likely N-dealkylation sites (tertiary alicyclic amines) is 1. The van der Waals surface area contributed by atoms with Crippen molar-refractivity contribution >= 4 is 29.4 Å². The van der Waals surface area contributed by atoms with Crippen LogP contribution in [-0.4, -0.2) is 59.6 Å². The SMILES string of the molecule is Cc1cc(NC(=O)CSCC(=O)NCCCN2CCCCCC2)no1. The standard InChI is InChI=1S/C17H28N4O3S/c1-14-11-15(20-24-14)19-17(23)13-25-12-16(22)18-7-6-10-21-8-4-2-3-5-9-21/h11H,2-10,12-13H2,1H3,(H,18,22)(H,19,20,23). The Morgan fingerprint density at radius 1 is 1.20 bits per heavy atom. The summed E-state index contributed by atoms with van der Waals surface area (Å²) in [4.78, 5) is 26.0. The number of amides is 2. The number of aromatic nitrogens is 1. The zero-order valence-corrected chi connectivity index (χ0v) is 15.7. The van der Waals surface area contributed by atoms with Crippen molar-refractivity contribution in [2.45, 2.75) is 39.0 Å². The van der Waals surface area contributed by atoms with Gasteiger partial charge in [-0.05, 0) is 45.8 Å². The first kappa shape index (κ1) is 19.8. The molecule has 2 N–H and O–H groups in total. The molecular formula is C17H28N4O3S. The molecule has 1 aromatic heterocycles. The molecule has 2 amide bonds. The van der Waals surface area contributed by atoms with Crippen LogP contribution in [0.15, 0.2) is 10.6 Å². The van der Waals surface area contributed by atoms with Crippen LogP contribution in [0.2, 0.25) is 0 Å². The maximum atomic E-state index is 11.8. The number of carbonyl (C=O) groups is 2. The lowest BCUT2D eigenvalue weighted by molar-refractivity contribution is -0.118. The third-order valence-electron chi connectivity index (χ3n) is 4.03. The molecular weight excluding hydrogens is 340 g/mol. The Morgan fingerprint density at radius 2 is 1.92 bits per heavy atom. The molecule has 1 saturated heterocycles. The van der Waals surface area contributed by atoms with E-state index >= 15 is 0 Å². The van der Waals surface area contributed by atoms with E-state index in [4.69, 9.17) is 4.52 Å². The van der Waals surface area contributed by atoms with Gasteiger partial charge in [0.2, 0.25) is 11.8 Å². The third-order valence-corrected chi connectivity index (χ3v) is 4.97. The molecule has 0 saturated carbocycles. The minimum atomic E-state index is -0.188. The Hall–Kier alpha value is -1.54. The second kappa shape index (κ2) is 11.1. The molecule has 0 spiro atoms. The zero-order valence-electron chi connectivity index (χ0n) is 14.9. The van der Waals surface area contributed by atoms with E-state index in [2.05, 4.69) is 20.7 Å². The number of thioether (sulfide) groups is 1.